The molecule has 1 heterocycles. The molecule has 0 saturated heterocycles. The van der Waals surface area contributed by atoms with E-state index in [0.29, 0.717) is 5.41 Å². The minimum absolute atomic E-state index is 0.355. The highest BCUT2D eigenvalue weighted by atomic mass is 32.1. The average Bonchev–Trinajstić information content (AvgIpc) is 2.65. The van der Waals surface area contributed by atoms with E-state index < -0.39 is 0 Å². The Labute approximate surface area is 107 Å². The summed E-state index contributed by atoms with van der Waals surface area (Å²) < 4.78 is 1.29. The van der Waals surface area contributed by atoms with Gasteiger partial charge in [-0.25, -0.2) is 4.98 Å². The van der Waals surface area contributed by atoms with Crippen LogP contribution in [0.5, 0.6) is 0 Å². The summed E-state index contributed by atoms with van der Waals surface area (Å²) in [5.74, 6) is 0. The fraction of sp³-hybridized carbons (Fsp3) is 0.500. The molecule has 0 amide bonds. The van der Waals surface area contributed by atoms with Crippen molar-refractivity contribution >= 4 is 21.6 Å². The smallest absolute Gasteiger partial charge is 0.0951 e. The molecule has 2 nitrogen and oxygen atoms in total. The van der Waals surface area contributed by atoms with Gasteiger partial charge in [-0.1, -0.05) is 32.9 Å². The van der Waals surface area contributed by atoms with Crippen molar-refractivity contribution in [3.63, 3.8) is 0 Å². The first kappa shape index (κ1) is 12.5. The van der Waals surface area contributed by atoms with Gasteiger partial charge in [0, 0.05) is 19.5 Å². The van der Waals surface area contributed by atoms with Gasteiger partial charge in [0.25, 0.3) is 0 Å². The van der Waals surface area contributed by atoms with Gasteiger partial charge in [-0.15, -0.1) is 11.3 Å². The second kappa shape index (κ2) is 5.15. The summed E-state index contributed by atoms with van der Waals surface area (Å²) in [6, 6.07) is 8.34. The molecule has 2 aromatic rings. The molecule has 17 heavy (non-hydrogen) atoms. The number of hydrogen-bond acceptors (Lipinski definition) is 3. The van der Waals surface area contributed by atoms with Crippen LogP contribution in [-0.2, 0) is 6.42 Å². The molecule has 1 aromatic heterocycles. The van der Waals surface area contributed by atoms with Crippen molar-refractivity contribution in [2.45, 2.75) is 27.2 Å². The average molecular weight is 248 g/mol. The summed E-state index contributed by atoms with van der Waals surface area (Å²) >= 11 is 1.80. The van der Waals surface area contributed by atoms with E-state index in [1.165, 1.54) is 9.71 Å². The highest BCUT2D eigenvalue weighted by Crippen LogP contribution is 2.21. The summed E-state index contributed by atoms with van der Waals surface area (Å²) in [6.07, 6.45) is 1.02. The van der Waals surface area contributed by atoms with Crippen molar-refractivity contribution in [3.05, 3.63) is 29.3 Å². The molecule has 0 spiro atoms. The third-order valence-corrected chi connectivity index (χ3v) is 3.61. The van der Waals surface area contributed by atoms with Crippen LogP contribution < -0.4 is 5.32 Å². The lowest BCUT2D eigenvalue weighted by Gasteiger charge is -2.18. The largest absolute Gasteiger partial charge is 0.316 e. The minimum Gasteiger partial charge on any atom is -0.316 e. The van der Waals surface area contributed by atoms with Gasteiger partial charge in [-0.2, -0.15) is 0 Å². The molecule has 0 radical (unpaired) electrons. The number of rotatable bonds is 4. The molecule has 1 N–H and O–H groups in total. The maximum absolute atomic E-state index is 4.63. The highest BCUT2D eigenvalue weighted by Gasteiger charge is 2.09. The quantitative estimate of drug-likeness (QED) is 0.838. The molecule has 0 saturated carbocycles. The van der Waals surface area contributed by atoms with Gasteiger partial charge in [0.2, 0.25) is 0 Å². The Bertz CT molecular complexity index is 449. The number of aromatic nitrogens is 1. The van der Waals surface area contributed by atoms with Crippen LogP contribution in [0.3, 0.4) is 0 Å². The molecule has 0 fully saturated rings. The Morgan fingerprint density at radius 3 is 2.71 bits per heavy atom. The topological polar surface area (TPSA) is 24.9 Å². The standard InChI is InChI=1S/C14H20N2S/c1-14(2,3)10-15-9-8-13-16-11-6-4-5-7-12(11)17-13/h4-7,15H,8-10H2,1-3H3. The Morgan fingerprint density at radius 1 is 1.24 bits per heavy atom. The molecule has 92 valence electrons. The van der Waals surface area contributed by atoms with E-state index in [2.05, 4.69) is 49.3 Å². The third-order valence-electron chi connectivity index (χ3n) is 2.51. The van der Waals surface area contributed by atoms with Gasteiger partial charge in [0.15, 0.2) is 0 Å². The van der Waals surface area contributed by atoms with E-state index in [9.17, 15) is 0 Å². The lowest BCUT2D eigenvalue weighted by atomic mass is 9.97. The molecule has 1 aromatic carbocycles. The predicted molar refractivity (Wildman–Crippen MR) is 75.6 cm³/mol. The number of thiazole rings is 1. The predicted octanol–water partition coefficient (Wildman–Crippen LogP) is 3.47. The zero-order chi connectivity index (χ0) is 12.3. The Morgan fingerprint density at radius 2 is 2.00 bits per heavy atom. The summed E-state index contributed by atoms with van der Waals surface area (Å²) in [4.78, 5) is 4.63. The molecule has 0 aliphatic rings. The van der Waals surface area contributed by atoms with Crippen molar-refractivity contribution in [1.29, 1.82) is 0 Å². The molecule has 0 aliphatic heterocycles. The summed E-state index contributed by atoms with van der Waals surface area (Å²) in [5, 5.41) is 4.71. The summed E-state index contributed by atoms with van der Waals surface area (Å²) in [6.45, 7) is 8.81. The molecule has 0 aliphatic carbocycles. The third kappa shape index (κ3) is 3.79. The number of nitrogens with zero attached hydrogens (tertiary/aromatic N) is 1. The summed E-state index contributed by atoms with van der Waals surface area (Å²) in [5.41, 5.74) is 1.48. The first-order valence-electron chi connectivity index (χ1n) is 6.10. The van der Waals surface area contributed by atoms with E-state index >= 15 is 0 Å². The van der Waals surface area contributed by atoms with E-state index in [0.717, 1.165) is 25.0 Å². The number of nitrogens with one attached hydrogen (secondary N) is 1. The molecule has 0 atom stereocenters. The van der Waals surface area contributed by atoms with Crippen LogP contribution in [0.25, 0.3) is 10.2 Å². The van der Waals surface area contributed by atoms with Crippen LogP contribution in [0.2, 0.25) is 0 Å². The zero-order valence-corrected chi connectivity index (χ0v) is 11.6. The Balaban J connectivity index is 1.87. The first-order valence-corrected chi connectivity index (χ1v) is 6.91. The number of benzene rings is 1. The van der Waals surface area contributed by atoms with Crippen molar-refractivity contribution < 1.29 is 0 Å². The Kier molecular flexibility index (Phi) is 3.79. The fourth-order valence-corrected chi connectivity index (χ4v) is 2.65. The van der Waals surface area contributed by atoms with Gasteiger partial charge in [-0.05, 0) is 17.5 Å². The van der Waals surface area contributed by atoms with Crippen LogP contribution in [0.15, 0.2) is 24.3 Å². The van der Waals surface area contributed by atoms with Gasteiger partial charge >= 0.3 is 0 Å². The molecule has 0 bridgehead atoms. The maximum atomic E-state index is 4.63. The number of fused-ring (bicyclic) bond motifs is 1. The highest BCUT2D eigenvalue weighted by molar-refractivity contribution is 7.18. The molecular weight excluding hydrogens is 228 g/mol. The van der Waals surface area contributed by atoms with Gasteiger partial charge in [0.1, 0.15) is 0 Å². The van der Waals surface area contributed by atoms with Crippen LogP contribution in [0, 0.1) is 5.41 Å². The summed E-state index contributed by atoms with van der Waals surface area (Å²) in [7, 11) is 0. The van der Waals surface area contributed by atoms with Crippen molar-refractivity contribution in [1.82, 2.24) is 10.3 Å². The van der Waals surface area contributed by atoms with E-state index in [1.807, 2.05) is 6.07 Å². The maximum Gasteiger partial charge on any atom is 0.0951 e. The van der Waals surface area contributed by atoms with Crippen LogP contribution in [0.1, 0.15) is 25.8 Å². The van der Waals surface area contributed by atoms with Gasteiger partial charge in [-0.3, -0.25) is 0 Å². The van der Waals surface area contributed by atoms with Crippen molar-refractivity contribution in [2.75, 3.05) is 13.1 Å². The monoisotopic (exact) mass is 248 g/mol. The van der Waals surface area contributed by atoms with Crippen LogP contribution >= 0.6 is 11.3 Å². The second-order valence-corrected chi connectivity index (χ2v) is 6.68. The van der Waals surface area contributed by atoms with Gasteiger partial charge < -0.3 is 5.32 Å². The molecule has 2 rings (SSSR count). The first-order chi connectivity index (χ1) is 8.04. The van der Waals surface area contributed by atoms with Crippen LogP contribution in [-0.4, -0.2) is 18.1 Å². The molecule has 0 unspecified atom stereocenters. The lowest BCUT2D eigenvalue weighted by molar-refractivity contribution is 0.381. The Hall–Kier alpha value is -0.930. The molecular formula is C14H20N2S. The second-order valence-electron chi connectivity index (χ2n) is 5.56. The van der Waals surface area contributed by atoms with Crippen LogP contribution in [0.4, 0.5) is 0 Å². The number of para-hydroxylation sites is 1. The normalized spacial score (nSPS) is 12.2. The van der Waals surface area contributed by atoms with E-state index in [4.69, 9.17) is 0 Å². The zero-order valence-electron chi connectivity index (χ0n) is 10.8. The van der Waals surface area contributed by atoms with E-state index in [1.54, 1.807) is 11.3 Å². The SMILES string of the molecule is CC(C)(C)CNCCc1nc2ccccc2s1. The lowest BCUT2D eigenvalue weighted by Crippen LogP contribution is -2.28. The van der Waals surface area contributed by atoms with Crippen molar-refractivity contribution in [2.24, 2.45) is 5.41 Å². The van der Waals surface area contributed by atoms with Crippen molar-refractivity contribution in [3.8, 4) is 0 Å². The number of hydrogen-bond donors (Lipinski definition) is 1. The fourth-order valence-electron chi connectivity index (χ4n) is 1.69. The molecule has 3 heteroatoms. The minimum atomic E-state index is 0.355. The van der Waals surface area contributed by atoms with E-state index in [-0.39, 0.29) is 0 Å². The van der Waals surface area contributed by atoms with Gasteiger partial charge in [0.05, 0.1) is 15.2 Å².